The molecule has 2 heterocycles. The molecule has 0 fully saturated rings. The highest BCUT2D eigenvalue weighted by Crippen LogP contribution is 2.21. The number of nitrogens with zero attached hydrogens (tertiary/aromatic N) is 2. The standard InChI is InChI=1S/C17H14N4O2S/c1-21-13-7-6-10(8-12(13)20-17(21)23)16(22)18-9-15-19-11-4-2-3-5-14(11)24-15/h2-8H,9H2,1H3,(H,18,22)(H,20,23). The van der Waals surface area contributed by atoms with E-state index in [4.69, 9.17) is 0 Å². The number of thiazole rings is 1. The molecule has 4 aromatic rings. The minimum absolute atomic E-state index is 0.194. The second-order valence-electron chi connectivity index (χ2n) is 5.48. The van der Waals surface area contributed by atoms with Gasteiger partial charge in [0.05, 0.1) is 27.8 Å². The van der Waals surface area contributed by atoms with Gasteiger partial charge in [-0.05, 0) is 30.3 Å². The highest BCUT2D eigenvalue weighted by Gasteiger charge is 2.10. The molecule has 120 valence electrons. The van der Waals surface area contributed by atoms with Gasteiger partial charge in [-0.3, -0.25) is 9.36 Å². The first-order valence-corrected chi connectivity index (χ1v) is 8.25. The van der Waals surface area contributed by atoms with E-state index in [2.05, 4.69) is 15.3 Å². The van der Waals surface area contributed by atoms with Crippen LogP contribution < -0.4 is 11.0 Å². The monoisotopic (exact) mass is 338 g/mol. The number of imidazole rings is 1. The lowest BCUT2D eigenvalue weighted by Crippen LogP contribution is -2.22. The summed E-state index contributed by atoms with van der Waals surface area (Å²) in [4.78, 5) is 31.2. The van der Waals surface area contributed by atoms with Crippen molar-refractivity contribution in [1.29, 1.82) is 0 Å². The van der Waals surface area contributed by atoms with Gasteiger partial charge in [-0.25, -0.2) is 9.78 Å². The van der Waals surface area contributed by atoms with Gasteiger partial charge in [0, 0.05) is 12.6 Å². The van der Waals surface area contributed by atoms with Crippen molar-refractivity contribution in [3.8, 4) is 0 Å². The van der Waals surface area contributed by atoms with Crippen LogP contribution in [-0.2, 0) is 13.6 Å². The lowest BCUT2D eigenvalue weighted by molar-refractivity contribution is 0.0951. The topological polar surface area (TPSA) is 79.8 Å². The second-order valence-corrected chi connectivity index (χ2v) is 6.59. The van der Waals surface area contributed by atoms with E-state index in [-0.39, 0.29) is 11.6 Å². The van der Waals surface area contributed by atoms with Gasteiger partial charge < -0.3 is 10.3 Å². The van der Waals surface area contributed by atoms with E-state index in [1.54, 1.807) is 36.6 Å². The molecule has 7 heteroatoms. The Bertz CT molecular complexity index is 1090. The third-order valence-electron chi connectivity index (χ3n) is 3.90. The summed E-state index contributed by atoms with van der Waals surface area (Å²) in [5, 5.41) is 3.73. The van der Waals surface area contributed by atoms with E-state index in [1.807, 2.05) is 24.3 Å². The quantitative estimate of drug-likeness (QED) is 0.602. The number of rotatable bonds is 3. The Kier molecular flexibility index (Phi) is 3.42. The number of hydrogen-bond donors (Lipinski definition) is 2. The molecule has 6 nitrogen and oxygen atoms in total. The lowest BCUT2D eigenvalue weighted by Gasteiger charge is -2.03. The van der Waals surface area contributed by atoms with Gasteiger partial charge >= 0.3 is 5.69 Å². The molecular weight excluding hydrogens is 324 g/mol. The lowest BCUT2D eigenvalue weighted by atomic mass is 10.2. The molecule has 0 saturated carbocycles. The Morgan fingerprint density at radius 3 is 2.96 bits per heavy atom. The molecule has 0 aliphatic rings. The first-order chi connectivity index (χ1) is 11.6. The molecule has 0 atom stereocenters. The molecule has 0 aliphatic carbocycles. The number of fused-ring (bicyclic) bond motifs is 2. The van der Waals surface area contributed by atoms with Crippen molar-refractivity contribution in [1.82, 2.24) is 19.9 Å². The predicted octanol–water partition coefficient (Wildman–Crippen LogP) is 2.41. The fourth-order valence-electron chi connectivity index (χ4n) is 2.63. The summed E-state index contributed by atoms with van der Waals surface area (Å²) in [7, 11) is 1.69. The number of carbonyl (C=O) groups excluding carboxylic acids is 1. The van der Waals surface area contributed by atoms with E-state index in [9.17, 15) is 9.59 Å². The van der Waals surface area contributed by atoms with Gasteiger partial charge in [0.2, 0.25) is 0 Å². The van der Waals surface area contributed by atoms with Crippen LogP contribution in [0.4, 0.5) is 0 Å². The summed E-state index contributed by atoms with van der Waals surface area (Å²) in [5.74, 6) is -0.194. The van der Waals surface area contributed by atoms with Crippen LogP contribution in [0.2, 0.25) is 0 Å². The number of hydrogen-bond acceptors (Lipinski definition) is 4. The van der Waals surface area contributed by atoms with Gasteiger partial charge in [-0.2, -0.15) is 0 Å². The Morgan fingerprint density at radius 1 is 1.29 bits per heavy atom. The summed E-state index contributed by atoms with van der Waals surface area (Å²) >= 11 is 1.57. The SMILES string of the molecule is Cn1c(=O)[nH]c2cc(C(=O)NCc3nc4ccccc4s3)ccc21. The van der Waals surface area contributed by atoms with Crippen molar-refractivity contribution in [3.63, 3.8) is 0 Å². The average Bonchev–Trinajstić information content (AvgIpc) is 3.13. The van der Waals surface area contributed by atoms with Crippen LogP contribution >= 0.6 is 11.3 Å². The van der Waals surface area contributed by atoms with Crippen molar-refractivity contribution in [2.24, 2.45) is 7.05 Å². The highest BCUT2D eigenvalue weighted by atomic mass is 32.1. The highest BCUT2D eigenvalue weighted by molar-refractivity contribution is 7.18. The van der Waals surface area contributed by atoms with E-state index in [0.29, 0.717) is 17.6 Å². The van der Waals surface area contributed by atoms with E-state index < -0.39 is 0 Å². The molecule has 0 unspecified atom stereocenters. The van der Waals surface area contributed by atoms with Crippen LogP contribution in [0.15, 0.2) is 47.3 Å². The fourth-order valence-corrected chi connectivity index (χ4v) is 3.54. The van der Waals surface area contributed by atoms with E-state index in [1.165, 1.54) is 4.57 Å². The maximum absolute atomic E-state index is 12.3. The normalized spacial score (nSPS) is 11.2. The van der Waals surface area contributed by atoms with Gasteiger partial charge in [0.15, 0.2) is 0 Å². The number of amides is 1. The number of H-pyrrole nitrogens is 1. The van der Waals surface area contributed by atoms with Crippen molar-refractivity contribution in [2.75, 3.05) is 0 Å². The summed E-state index contributed by atoms with van der Waals surface area (Å²) in [6, 6.07) is 13.0. The molecule has 4 rings (SSSR count). The number of aromatic nitrogens is 3. The number of carbonyl (C=O) groups is 1. The van der Waals surface area contributed by atoms with E-state index in [0.717, 1.165) is 20.7 Å². The van der Waals surface area contributed by atoms with Crippen LogP contribution in [0.1, 0.15) is 15.4 Å². The minimum Gasteiger partial charge on any atom is -0.346 e. The molecular formula is C17H14N4O2S. The fraction of sp³-hybridized carbons (Fsp3) is 0.118. The number of aryl methyl sites for hydroxylation is 1. The molecule has 2 aromatic carbocycles. The van der Waals surface area contributed by atoms with Crippen molar-refractivity contribution >= 4 is 38.5 Å². The second kappa shape index (κ2) is 5.61. The zero-order valence-electron chi connectivity index (χ0n) is 12.9. The molecule has 0 saturated heterocycles. The van der Waals surface area contributed by atoms with Gasteiger partial charge in [0.25, 0.3) is 5.91 Å². The summed E-state index contributed by atoms with van der Waals surface area (Å²) < 4.78 is 2.61. The van der Waals surface area contributed by atoms with Gasteiger partial charge in [-0.1, -0.05) is 12.1 Å². The molecule has 24 heavy (non-hydrogen) atoms. The first kappa shape index (κ1) is 14.6. The van der Waals surface area contributed by atoms with Crippen LogP contribution in [-0.4, -0.2) is 20.4 Å². The van der Waals surface area contributed by atoms with Gasteiger partial charge in [-0.15, -0.1) is 11.3 Å². The Hall–Kier alpha value is -2.93. The maximum Gasteiger partial charge on any atom is 0.326 e. The molecule has 0 bridgehead atoms. The molecule has 0 radical (unpaired) electrons. The number of nitrogens with one attached hydrogen (secondary N) is 2. The van der Waals surface area contributed by atoms with Crippen LogP contribution in [0, 0.1) is 0 Å². The predicted molar refractivity (Wildman–Crippen MR) is 94.3 cm³/mol. The molecule has 2 aromatic heterocycles. The summed E-state index contributed by atoms with van der Waals surface area (Å²) in [6.45, 7) is 0.377. The largest absolute Gasteiger partial charge is 0.346 e. The zero-order chi connectivity index (χ0) is 16.7. The van der Waals surface area contributed by atoms with Crippen LogP contribution in [0.5, 0.6) is 0 Å². The van der Waals surface area contributed by atoms with Crippen LogP contribution in [0.3, 0.4) is 0 Å². The Labute approximate surface area is 140 Å². The van der Waals surface area contributed by atoms with E-state index >= 15 is 0 Å². The van der Waals surface area contributed by atoms with Crippen molar-refractivity contribution in [3.05, 3.63) is 63.5 Å². The maximum atomic E-state index is 12.3. The number of para-hydroxylation sites is 1. The van der Waals surface area contributed by atoms with Gasteiger partial charge in [0.1, 0.15) is 5.01 Å². The number of aromatic amines is 1. The first-order valence-electron chi connectivity index (χ1n) is 7.43. The summed E-state index contributed by atoms with van der Waals surface area (Å²) in [5.41, 5.74) is 2.66. The van der Waals surface area contributed by atoms with Crippen molar-refractivity contribution < 1.29 is 4.79 Å². The Morgan fingerprint density at radius 2 is 2.12 bits per heavy atom. The molecule has 2 N–H and O–H groups in total. The third-order valence-corrected chi connectivity index (χ3v) is 4.94. The van der Waals surface area contributed by atoms with Crippen molar-refractivity contribution in [2.45, 2.75) is 6.54 Å². The molecule has 1 amide bonds. The number of benzene rings is 2. The molecule has 0 aliphatic heterocycles. The Balaban J connectivity index is 1.54. The average molecular weight is 338 g/mol. The third kappa shape index (κ3) is 2.48. The minimum atomic E-state index is -0.197. The molecule has 0 spiro atoms. The zero-order valence-corrected chi connectivity index (χ0v) is 13.7. The summed E-state index contributed by atoms with van der Waals surface area (Å²) in [6.07, 6.45) is 0. The smallest absolute Gasteiger partial charge is 0.326 e. The van der Waals surface area contributed by atoms with Crippen LogP contribution in [0.25, 0.3) is 21.3 Å².